The molecular weight excluding hydrogens is 286 g/mol. The lowest BCUT2D eigenvalue weighted by Gasteiger charge is -2.13. The molecule has 0 bridgehead atoms. The van der Waals surface area contributed by atoms with Gasteiger partial charge < -0.3 is 10.6 Å². The molecule has 1 heterocycles. The molecule has 0 unspecified atom stereocenters. The number of carbonyl (C=O) groups excluding carboxylic acids is 1. The Morgan fingerprint density at radius 3 is 2.39 bits per heavy atom. The maximum absolute atomic E-state index is 12.2. The summed E-state index contributed by atoms with van der Waals surface area (Å²) in [7, 11) is 0. The van der Waals surface area contributed by atoms with Crippen molar-refractivity contribution in [2.45, 2.75) is 45.1 Å². The van der Waals surface area contributed by atoms with Crippen LogP contribution in [0.5, 0.6) is 0 Å². The van der Waals surface area contributed by atoms with E-state index in [2.05, 4.69) is 22.5 Å². The summed E-state index contributed by atoms with van der Waals surface area (Å²) in [5.41, 5.74) is 3.47. The Kier molecular flexibility index (Phi) is 4.91. The van der Waals surface area contributed by atoms with Gasteiger partial charge in [-0.3, -0.25) is 4.79 Å². The second-order valence-electron chi connectivity index (χ2n) is 6.06. The van der Waals surface area contributed by atoms with E-state index in [1.54, 1.807) is 12.3 Å². The Hall–Kier alpha value is -2.36. The van der Waals surface area contributed by atoms with Crippen molar-refractivity contribution in [2.24, 2.45) is 0 Å². The number of hydrogen-bond donors (Lipinski definition) is 2. The predicted molar refractivity (Wildman–Crippen MR) is 93.9 cm³/mol. The van der Waals surface area contributed by atoms with Crippen LogP contribution in [0.25, 0.3) is 0 Å². The van der Waals surface area contributed by atoms with Gasteiger partial charge in [0.2, 0.25) is 0 Å². The van der Waals surface area contributed by atoms with Gasteiger partial charge in [-0.05, 0) is 49.1 Å². The molecule has 0 saturated heterocycles. The third-order valence-corrected chi connectivity index (χ3v) is 4.34. The maximum Gasteiger partial charge on any atom is 0.274 e. The summed E-state index contributed by atoms with van der Waals surface area (Å²) in [5.74, 6) is -0.179. The average Bonchev–Trinajstić information content (AvgIpc) is 3.09. The first-order valence-corrected chi connectivity index (χ1v) is 8.37. The van der Waals surface area contributed by atoms with Crippen molar-refractivity contribution in [3.8, 4) is 0 Å². The predicted octanol–water partition coefficient (Wildman–Crippen LogP) is 4.25. The van der Waals surface area contributed by atoms with E-state index in [-0.39, 0.29) is 5.91 Å². The molecule has 1 amide bonds. The lowest BCUT2D eigenvalue weighted by Crippen LogP contribution is -2.16. The summed E-state index contributed by atoms with van der Waals surface area (Å²) in [4.78, 5) is 16.5. The molecule has 0 aliphatic heterocycles. The Labute approximate surface area is 137 Å². The number of aryl methyl sites for hydroxylation is 1. The lowest BCUT2D eigenvalue weighted by atomic mass is 10.1. The van der Waals surface area contributed by atoms with Crippen molar-refractivity contribution in [1.29, 1.82) is 0 Å². The minimum Gasteiger partial charge on any atom is -0.381 e. The number of carbonyl (C=O) groups is 1. The molecule has 0 atom stereocenters. The van der Waals surface area contributed by atoms with Gasteiger partial charge in [-0.1, -0.05) is 31.9 Å². The molecule has 2 aromatic rings. The van der Waals surface area contributed by atoms with Crippen molar-refractivity contribution in [3.05, 3.63) is 53.9 Å². The Balaban J connectivity index is 1.60. The zero-order chi connectivity index (χ0) is 16.1. The molecule has 1 aliphatic carbocycles. The lowest BCUT2D eigenvalue weighted by molar-refractivity contribution is 0.102. The monoisotopic (exact) mass is 309 g/mol. The smallest absolute Gasteiger partial charge is 0.274 e. The zero-order valence-electron chi connectivity index (χ0n) is 13.5. The van der Waals surface area contributed by atoms with Gasteiger partial charge in [0.15, 0.2) is 0 Å². The Morgan fingerprint density at radius 1 is 1.09 bits per heavy atom. The van der Waals surface area contributed by atoms with Crippen LogP contribution < -0.4 is 10.6 Å². The van der Waals surface area contributed by atoms with E-state index >= 15 is 0 Å². The highest BCUT2D eigenvalue weighted by molar-refractivity contribution is 6.02. The molecule has 3 rings (SSSR count). The van der Waals surface area contributed by atoms with Crippen LogP contribution in [0.3, 0.4) is 0 Å². The zero-order valence-corrected chi connectivity index (χ0v) is 13.5. The van der Waals surface area contributed by atoms with Crippen LogP contribution in [0.15, 0.2) is 42.6 Å². The molecule has 1 aliphatic rings. The number of nitrogens with one attached hydrogen (secondary N) is 2. The van der Waals surface area contributed by atoms with E-state index in [0.717, 1.165) is 17.8 Å². The van der Waals surface area contributed by atoms with E-state index in [0.29, 0.717) is 11.7 Å². The molecule has 0 radical (unpaired) electrons. The summed E-state index contributed by atoms with van der Waals surface area (Å²) in [5, 5.41) is 6.36. The van der Waals surface area contributed by atoms with E-state index in [4.69, 9.17) is 0 Å². The maximum atomic E-state index is 12.2. The third-order valence-electron chi connectivity index (χ3n) is 4.34. The number of benzene rings is 1. The molecule has 4 heteroatoms. The van der Waals surface area contributed by atoms with E-state index in [9.17, 15) is 4.79 Å². The molecule has 2 N–H and O–H groups in total. The minimum absolute atomic E-state index is 0.179. The van der Waals surface area contributed by atoms with Crippen LogP contribution in [0.1, 0.15) is 48.7 Å². The molecule has 0 spiro atoms. The molecule has 1 saturated carbocycles. The normalized spacial score (nSPS) is 14.7. The topological polar surface area (TPSA) is 54.0 Å². The van der Waals surface area contributed by atoms with Gasteiger partial charge in [0, 0.05) is 11.7 Å². The van der Waals surface area contributed by atoms with Crippen molar-refractivity contribution in [2.75, 3.05) is 10.6 Å². The highest BCUT2D eigenvalue weighted by atomic mass is 16.1. The summed E-state index contributed by atoms with van der Waals surface area (Å²) < 4.78 is 0. The number of nitrogens with zero attached hydrogens (tertiary/aromatic N) is 1. The first-order valence-electron chi connectivity index (χ1n) is 8.37. The van der Waals surface area contributed by atoms with Crippen LogP contribution in [-0.2, 0) is 6.42 Å². The first kappa shape index (κ1) is 15.5. The standard InChI is InChI=1S/C19H23N3O/c1-2-14-7-9-16(10-8-14)22-19(23)18-12-11-17(13-20-18)21-15-5-3-4-6-15/h7-13,15,21H,2-6H2,1H3,(H,22,23). The van der Waals surface area contributed by atoms with Gasteiger partial charge in [0.05, 0.1) is 11.9 Å². The van der Waals surface area contributed by atoms with Crippen LogP contribution in [0.2, 0.25) is 0 Å². The molecule has 23 heavy (non-hydrogen) atoms. The quantitative estimate of drug-likeness (QED) is 0.868. The molecule has 1 fully saturated rings. The molecular formula is C19H23N3O. The van der Waals surface area contributed by atoms with Gasteiger partial charge in [-0.15, -0.1) is 0 Å². The Bertz CT molecular complexity index is 643. The fourth-order valence-corrected chi connectivity index (χ4v) is 2.94. The molecule has 120 valence electrons. The molecule has 1 aromatic heterocycles. The van der Waals surface area contributed by atoms with Gasteiger partial charge >= 0.3 is 0 Å². The second-order valence-corrected chi connectivity index (χ2v) is 6.06. The van der Waals surface area contributed by atoms with Gasteiger partial charge in [-0.2, -0.15) is 0 Å². The van der Waals surface area contributed by atoms with Crippen molar-refractivity contribution in [3.63, 3.8) is 0 Å². The number of amides is 1. The van der Waals surface area contributed by atoms with Crippen LogP contribution >= 0.6 is 0 Å². The van der Waals surface area contributed by atoms with Crippen LogP contribution in [-0.4, -0.2) is 16.9 Å². The average molecular weight is 309 g/mol. The largest absolute Gasteiger partial charge is 0.381 e. The number of hydrogen-bond acceptors (Lipinski definition) is 3. The summed E-state index contributed by atoms with van der Waals surface area (Å²) >= 11 is 0. The van der Waals surface area contributed by atoms with Crippen molar-refractivity contribution in [1.82, 2.24) is 4.98 Å². The van der Waals surface area contributed by atoms with Crippen LogP contribution in [0, 0.1) is 0 Å². The van der Waals surface area contributed by atoms with Crippen molar-refractivity contribution < 1.29 is 4.79 Å². The fourth-order valence-electron chi connectivity index (χ4n) is 2.94. The first-order chi connectivity index (χ1) is 11.2. The van der Waals surface area contributed by atoms with E-state index in [1.807, 2.05) is 30.3 Å². The molecule has 4 nitrogen and oxygen atoms in total. The fraction of sp³-hybridized carbons (Fsp3) is 0.368. The summed E-state index contributed by atoms with van der Waals surface area (Å²) in [6.07, 6.45) is 7.76. The molecule has 1 aromatic carbocycles. The van der Waals surface area contributed by atoms with Crippen molar-refractivity contribution >= 4 is 17.3 Å². The number of pyridine rings is 1. The second kappa shape index (κ2) is 7.27. The number of anilines is 2. The highest BCUT2D eigenvalue weighted by Crippen LogP contribution is 2.22. The van der Waals surface area contributed by atoms with Gasteiger partial charge in [0.1, 0.15) is 5.69 Å². The third kappa shape index (κ3) is 4.09. The minimum atomic E-state index is -0.179. The summed E-state index contributed by atoms with van der Waals surface area (Å²) in [6, 6.07) is 12.1. The van der Waals surface area contributed by atoms with Gasteiger partial charge in [-0.25, -0.2) is 4.98 Å². The number of rotatable bonds is 5. The SMILES string of the molecule is CCc1ccc(NC(=O)c2ccc(NC3CCCC3)cn2)cc1. The van der Waals surface area contributed by atoms with Gasteiger partial charge in [0.25, 0.3) is 5.91 Å². The van der Waals surface area contributed by atoms with Crippen LogP contribution in [0.4, 0.5) is 11.4 Å². The van der Waals surface area contributed by atoms with E-state index in [1.165, 1.54) is 31.2 Å². The summed E-state index contributed by atoms with van der Waals surface area (Å²) in [6.45, 7) is 2.11. The van der Waals surface area contributed by atoms with E-state index < -0.39 is 0 Å². The highest BCUT2D eigenvalue weighted by Gasteiger charge is 2.15. The number of aromatic nitrogens is 1. The Morgan fingerprint density at radius 2 is 1.78 bits per heavy atom.